The summed E-state index contributed by atoms with van der Waals surface area (Å²) >= 11 is 0. The molecule has 0 aliphatic heterocycles. The van der Waals surface area contributed by atoms with Gasteiger partial charge in [-0.15, -0.1) is 0 Å². The Morgan fingerprint density at radius 2 is 1.75 bits per heavy atom. The normalized spacial score (nSPS) is 11.8. The predicted molar refractivity (Wildman–Crippen MR) is 84.8 cm³/mol. The topological polar surface area (TPSA) is 133 Å². The summed E-state index contributed by atoms with van der Waals surface area (Å²) < 4.78 is 1.29. The molecule has 10 nitrogen and oxygen atoms in total. The van der Waals surface area contributed by atoms with Crippen LogP contribution in [0.5, 0.6) is 0 Å². The fourth-order valence-corrected chi connectivity index (χ4v) is 2.32. The molecule has 126 valence electrons. The van der Waals surface area contributed by atoms with Crippen LogP contribution in [-0.4, -0.2) is 25.5 Å². The Labute approximate surface area is 136 Å². The highest BCUT2D eigenvalue weighted by atomic mass is 16.6. The minimum Gasteiger partial charge on any atom is -0.324 e. The first-order valence-electron chi connectivity index (χ1n) is 6.97. The van der Waals surface area contributed by atoms with Gasteiger partial charge < -0.3 is 5.32 Å². The minimum atomic E-state index is -0.785. The number of amides is 1. The number of carbonyl (C=O) groups is 1. The number of nitro groups is 2. The summed E-state index contributed by atoms with van der Waals surface area (Å²) in [4.78, 5) is 32.9. The van der Waals surface area contributed by atoms with Crippen LogP contribution in [0.1, 0.15) is 24.4 Å². The molecule has 1 N–H and O–H groups in total. The number of anilines is 1. The molecule has 1 amide bonds. The van der Waals surface area contributed by atoms with Gasteiger partial charge in [-0.1, -0.05) is 0 Å². The van der Waals surface area contributed by atoms with E-state index in [0.717, 1.165) is 0 Å². The number of carbonyl (C=O) groups excluding carboxylic acids is 1. The van der Waals surface area contributed by atoms with Crippen molar-refractivity contribution >= 4 is 23.0 Å². The van der Waals surface area contributed by atoms with Gasteiger partial charge in [-0.25, -0.2) is 0 Å². The van der Waals surface area contributed by atoms with E-state index in [4.69, 9.17) is 0 Å². The summed E-state index contributed by atoms with van der Waals surface area (Å²) in [5, 5.41) is 28.3. The van der Waals surface area contributed by atoms with Crippen LogP contribution in [0.25, 0.3) is 0 Å². The van der Waals surface area contributed by atoms with Gasteiger partial charge in [0.25, 0.3) is 5.69 Å². The number of nitrogens with zero attached hydrogens (tertiary/aromatic N) is 4. The van der Waals surface area contributed by atoms with Crippen molar-refractivity contribution in [3.63, 3.8) is 0 Å². The van der Waals surface area contributed by atoms with Crippen LogP contribution in [0, 0.1) is 34.1 Å². The average molecular weight is 333 g/mol. The van der Waals surface area contributed by atoms with Gasteiger partial charge >= 0.3 is 5.69 Å². The number of benzene rings is 1. The van der Waals surface area contributed by atoms with Crippen LogP contribution >= 0.6 is 0 Å². The summed E-state index contributed by atoms with van der Waals surface area (Å²) in [6, 6.07) is 4.58. The van der Waals surface area contributed by atoms with Crippen molar-refractivity contribution in [1.82, 2.24) is 9.78 Å². The van der Waals surface area contributed by atoms with Crippen molar-refractivity contribution in [2.45, 2.75) is 26.8 Å². The maximum absolute atomic E-state index is 12.3. The molecule has 1 unspecified atom stereocenters. The Bertz CT molecular complexity index is 812. The Kier molecular flexibility index (Phi) is 4.58. The molecule has 1 atom stereocenters. The largest absolute Gasteiger partial charge is 0.324 e. The molecule has 1 heterocycles. The third kappa shape index (κ3) is 3.21. The molecule has 0 spiro atoms. The van der Waals surface area contributed by atoms with Crippen LogP contribution in [0.4, 0.5) is 17.1 Å². The molecule has 0 aliphatic carbocycles. The van der Waals surface area contributed by atoms with Gasteiger partial charge in [-0.2, -0.15) is 5.10 Å². The number of nitrogens with one attached hydrogen (secondary N) is 1. The highest BCUT2D eigenvalue weighted by molar-refractivity contribution is 5.93. The summed E-state index contributed by atoms with van der Waals surface area (Å²) in [5.41, 5.74) is 0.685. The molecule has 0 saturated heterocycles. The van der Waals surface area contributed by atoms with E-state index >= 15 is 0 Å². The van der Waals surface area contributed by atoms with Crippen LogP contribution in [0.15, 0.2) is 24.3 Å². The van der Waals surface area contributed by atoms with E-state index in [1.807, 2.05) is 0 Å². The average Bonchev–Trinajstić information content (AvgIpc) is 2.81. The molecular formula is C14H15N5O5. The maximum Gasteiger partial charge on any atom is 0.312 e. The van der Waals surface area contributed by atoms with E-state index < -0.39 is 21.8 Å². The van der Waals surface area contributed by atoms with Crippen molar-refractivity contribution in [2.75, 3.05) is 5.32 Å². The van der Waals surface area contributed by atoms with Crippen LogP contribution in [0.3, 0.4) is 0 Å². The number of aryl methyl sites for hydroxylation is 1. The zero-order valence-corrected chi connectivity index (χ0v) is 13.2. The number of hydrogen-bond acceptors (Lipinski definition) is 6. The van der Waals surface area contributed by atoms with Crippen molar-refractivity contribution in [2.24, 2.45) is 0 Å². The van der Waals surface area contributed by atoms with E-state index in [1.165, 1.54) is 42.8 Å². The molecule has 0 radical (unpaired) electrons. The maximum atomic E-state index is 12.3. The third-order valence-corrected chi connectivity index (χ3v) is 3.56. The highest BCUT2D eigenvalue weighted by Gasteiger charge is 2.27. The van der Waals surface area contributed by atoms with Crippen molar-refractivity contribution in [3.05, 3.63) is 55.9 Å². The zero-order chi connectivity index (χ0) is 18.0. The second kappa shape index (κ2) is 6.44. The van der Waals surface area contributed by atoms with Gasteiger partial charge in [0.05, 0.1) is 9.85 Å². The Balaban J connectivity index is 2.19. The Hall–Kier alpha value is -3.30. The van der Waals surface area contributed by atoms with Crippen LogP contribution in [0.2, 0.25) is 0 Å². The van der Waals surface area contributed by atoms with E-state index in [1.54, 1.807) is 6.92 Å². The van der Waals surface area contributed by atoms with E-state index in [9.17, 15) is 25.0 Å². The molecular weight excluding hydrogens is 318 g/mol. The Morgan fingerprint density at radius 1 is 1.17 bits per heavy atom. The molecule has 10 heteroatoms. The van der Waals surface area contributed by atoms with E-state index in [-0.39, 0.29) is 22.8 Å². The lowest BCUT2D eigenvalue weighted by molar-refractivity contribution is -0.386. The smallest absolute Gasteiger partial charge is 0.312 e. The number of rotatable bonds is 5. The number of hydrogen-bond donors (Lipinski definition) is 1. The second-order valence-corrected chi connectivity index (χ2v) is 5.19. The molecule has 1 aromatic heterocycles. The lowest BCUT2D eigenvalue weighted by atomic mass is 10.2. The third-order valence-electron chi connectivity index (χ3n) is 3.56. The number of nitro benzene ring substituents is 1. The first kappa shape index (κ1) is 17.1. The van der Waals surface area contributed by atoms with E-state index in [0.29, 0.717) is 5.69 Å². The second-order valence-electron chi connectivity index (χ2n) is 5.19. The first-order chi connectivity index (χ1) is 11.2. The Morgan fingerprint density at radius 3 is 2.21 bits per heavy atom. The molecule has 24 heavy (non-hydrogen) atoms. The molecule has 1 aromatic carbocycles. The molecule has 0 aliphatic rings. The molecule has 2 rings (SSSR count). The van der Waals surface area contributed by atoms with Crippen molar-refractivity contribution < 1.29 is 14.6 Å². The van der Waals surface area contributed by atoms with Gasteiger partial charge in [-0.05, 0) is 32.9 Å². The summed E-state index contributed by atoms with van der Waals surface area (Å²) in [5.74, 6) is -0.440. The van der Waals surface area contributed by atoms with Crippen molar-refractivity contribution in [3.8, 4) is 0 Å². The van der Waals surface area contributed by atoms with Gasteiger partial charge in [0.1, 0.15) is 17.4 Å². The van der Waals surface area contributed by atoms with Crippen LogP contribution < -0.4 is 5.32 Å². The minimum absolute atomic E-state index is 0.0878. The van der Waals surface area contributed by atoms with Crippen LogP contribution in [-0.2, 0) is 4.79 Å². The monoisotopic (exact) mass is 333 g/mol. The first-order valence-corrected chi connectivity index (χ1v) is 6.97. The zero-order valence-electron chi connectivity index (χ0n) is 13.2. The summed E-state index contributed by atoms with van der Waals surface area (Å²) in [7, 11) is 0. The predicted octanol–water partition coefficient (Wildman–Crippen LogP) is 2.52. The lowest BCUT2D eigenvalue weighted by Gasteiger charge is -2.14. The number of non-ortho nitro benzene ring substituents is 1. The van der Waals surface area contributed by atoms with Gasteiger partial charge in [0.2, 0.25) is 5.91 Å². The molecule has 0 saturated carbocycles. The quantitative estimate of drug-likeness (QED) is 0.660. The SMILES string of the molecule is Cc1nn(C(C)C(=O)Nc2ccc([N+](=O)[O-])cc2)c(C)c1[N+](=O)[O-]. The van der Waals surface area contributed by atoms with Gasteiger partial charge in [-0.3, -0.25) is 29.7 Å². The lowest BCUT2D eigenvalue weighted by Crippen LogP contribution is -2.25. The molecule has 0 fully saturated rings. The number of aromatic nitrogens is 2. The van der Waals surface area contributed by atoms with Crippen molar-refractivity contribution in [1.29, 1.82) is 0 Å². The molecule has 2 aromatic rings. The summed E-state index contributed by atoms with van der Waals surface area (Å²) in [6.07, 6.45) is 0. The summed E-state index contributed by atoms with van der Waals surface area (Å²) in [6.45, 7) is 4.58. The fraction of sp³-hybridized carbons (Fsp3) is 0.286. The standard InChI is InChI=1S/C14H15N5O5/c1-8-13(19(23)24)9(2)17(16-8)10(3)14(20)15-11-4-6-12(7-5-11)18(21)22/h4-7,10H,1-3H3,(H,15,20). The van der Waals surface area contributed by atoms with E-state index in [2.05, 4.69) is 10.4 Å². The highest BCUT2D eigenvalue weighted by Crippen LogP contribution is 2.25. The fourth-order valence-electron chi connectivity index (χ4n) is 2.32. The van der Waals surface area contributed by atoms with Gasteiger partial charge in [0.15, 0.2) is 0 Å². The molecule has 0 bridgehead atoms. The van der Waals surface area contributed by atoms with Gasteiger partial charge in [0, 0.05) is 17.8 Å².